The largest absolute Gasteiger partial charge is 0.491 e. The lowest BCUT2D eigenvalue weighted by molar-refractivity contribution is 0.237. The standard InChI is InChI=1S/C28H32N10O/c1-36-8-10-38(11-9-36)23-4-5-30-27-25(23)32-28(33-27)24-22-15-20(17-31-26(22)35-34-24)19-14-21(18-29-16-19)39-13-12-37-6-2-3-7-37/h4-5,14-18H,2-3,6-13H2,1H3,(H,30,32,33)(H,31,34,35). The van der Waals surface area contributed by atoms with Gasteiger partial charge >= 0.3 is 0 Å². The van der Waals surface area contributed by atoms with Crippen molar-refractivity contribution in [2.45, 2.75) is 12.8 Å². The Morgan fingerprint density at radius 3 is 2.64 bits per heavy atom. The zero-order valence-electron chi connectivity index (χ0n) is 22.1. The average molecular weight is 525 g/mol. The third-order valence-corrected chi connectivity index (χ3v) is 7.78. The molecule has 0 aromatic carbocycles. The fourth-order valence-electron chi connectivity index (χ4n) is 5.52. The first kappa shape index (κ1) is 24.0. The number of hydrogen-bond donors (Lipinski definition) is 2. The lowest BCUT2D eigenvalue weighted by Gasteiger charge is -2.34. The van der Waals surface area contributed by atoms with E-state index in [1.54, 1.807) is 6.20 Å². The summed E-state index contributed by atoms with van der Waals surface area (Å²) in [5.74, 6) is 1.46. The molecule has 200 valence electrons. The molecule has 39 heavy (non-hydrogen) atoms. The number of anilines is 1. The molecule has 0 unspecified atom stereocenters. The van der Waals surface area contributed by atoms with Crippen LogP contribution in [0.15, 0.2) is 43.0 Å². The summed E-state index contributed by atoms with van der Waals surface area (Å²) in [6.45, 7) is 7.94. The molecule has 11 nitrogen and oxygen atoms in total. The SMILES string of the molecule is CN1CCN(c2ccnc3nc(-c4[nH]nc5ncc(-c6cncc(OCCN7CCCC7)c6)cc45)[nH]c23)CC1. The molecule has 0 amide bonds. The van der Waals surface area contributed by atoms with Crippen LogP contribution in [0.2, 0.25) is 0 Å². The molecule has 2 fully saturated rings. The predicted octanol–water partition coefficient (Wildman–Crippen LogP) is 3.18. The number of H-pyrrole nitrogens is 2. The van der Waals surface area contributed by atoms with Crippen LogP contribution in [0.4, 0.5) is 5.69 Å². The van der Waals surface area contributed by atoms with Crippen molar-refractivity contribution in [3.05, 3.63) is 43.0 Å². The summed E-state index contributed by atoms with van der Waals surface area (Å²) in [7, 11) is 2.16. The second kappa shape index (κ2) is 10.2. The Kier molecular flexibility index (Phi) is 6.29. The highest BCUT2D eigenvalue weighted by molar-refractivity contribution is 5.95. The molecule has 5 aromatic rings. The number of pyridine rings is 3. The van der Waals surface area contributed by atoms with Gasteiger partial charge in [-0.1, -0.05) is 0 Å². The molecule has 0 bridgehead atoms. The maximum Gasteiger partial charge on any atom is 0.181 e. The molecule has 2 aliphatic rings. The maximum atomic E-state index is 6.02. The monoisotopic (exact) mass is 524 g/mol. The lowest BCUT2D eigenvalue weighted by Crippen LogP contribution is -2.44. The normalized spacial score (nSPS) is 17.0. The van der Waals surface area contributed by atoms with Gasteiger partial charge in [0, 0.05) is 62.4 Å². The number of rotatable bonds is 7. The molecule has 2 N–H and O–H groups in total. The summed E-state index contributed by atoms with van der Waals surface area (Å²) in [5.41, 5.74) is 6.05. The minimum absolute atomic E-state index is 0.632. The summed E-state index contributed by atoms with van der Waals surface area (Å²) in [6, 6.07) is 6.16. The van der Waals surface area contributed by atoms with Crippen LogP contribution in [0, 0.1) is 0 Å². The predicted molar refractivity (Wildman–Crippen MR) is 151 cm³/mol. The van der Waals surface area contributed by atoms with E-state index in [9.17, 15) is 0 Å². The van der Waals surface area contributed by atoms with Crippen LogP contribution in [0.3, 0.4) is 0 Å². The molecule has 7 rings (SSSR count). The molecule has 0 spiro atoms. The highest BCUT2D eigenvalue weighted by Crippen LogP contribution is 2.32. The minimum Gasteiger partial charge on any atom is -0.491 e. The Morgan fingerprint density at radius 2 is 1.77 bits per heavy atom. The number of piperazine rings is 1. The maximum absolute atomic E-state index is 6.02. The number of hydrogen-bond acceptors (Lipinski definition) is 9. The molecule has 0 radical (unpaired) electrons. The Morgan fingerprint density at radius 1 is 0.923 bits per heavy atom. The Balaban J connectivity index is 1.17. The van der Waals surface area contributed by atoms with Crippen molar-refractivity contribution in [1.29, 1.82) is 0 Å². The number of imidazole rings is 1. The third kappa shape index (κ3) is 4.79. The van der Waals surface area contributed by atoms with E-state index in [-0.39, 0.29) is 0 Å². The molecule has 11 heteroatoms. The molecular weight excluding hydrogens is 492 g/mol. The first-order valence-electron chi connectivity index (χ1n) is 13.6. The first-order chi connectivity index (χ1) is 19.2. The number of likely N-dealkylation sites (N-methyl/N-ethyl adjacent to an activating group) is 1. The van der Waals surface area contributed by atoms with Crippen LogP contribution >= 0.6 is 0 Å². The van der Waals surface area contributed by atoms with Crippen LogP contribution in [0.1, 0.15) is 12.8 Å². The van der Waals surface area contributed by atoms with E-state index in [1.165, 1.54) is 25.9 Å². The highest BCUT2D eigenvalue weighted by Gasteiger charge is 2.20. The van der Waals surface area contributed by atoms with Crippen LogP contribution in [-0.2, 0) is 0 Å². The fourth-order valence-corrected chi connectivity index (χ4v) is 5.52. The van der Waals surface area contributed by atoms with Crippen LogP contribution < -0.4 is 9.64 Å². The number of likely N-dealkylation sites (tertiary alicyclic amines) is 1. The van der Waals surface area contributed by atoms with E-state index in [1.807, 2.05) is 24.7 Å². The number of nitrogens with one attached hydrogen (secondary N) is 2. The summed E-state index contributed by atoms with van der Waals surface area (Å²) in [5, 5.41) is 8.46. The molecule has 5 aromatic heterocycles. The van der Waals surface area contributed by atoms with E-state index in [0.717, 1.165) is 71.9 Å². The zero-order valence-corrected chi connectivity index (χ0v) is 22.1. The van der Waals surface area contributed by atoms with Crippen molar-refractivity contribution in [3.8, 4) is 28.4 Å². The molecule has 0 saturated carbocycles. The van der Waals surface area contributed by atoms with Crippen LogP contribution in [0.25, 0.3) is 44.8 Å². The molecule has 0 aliphatic carbocycles. The van der Waals surface area contributed by atoms with Gasteiger partial charge in [-0.3, -0.25) is 15.0 Å². The van der Waals surface area contributed by atoms with Crippen LogP contribution in [-0.4, -0.2) is 104 Å². The van der Waals surface area contributed by atoms with Gasteiger partial charge in [-0.25, -0.2) is 15.0 Å². The highest BCUT2D eigenvalue weighted by atomic mass is 16.5. The third-order valence-electron chi connectivity index (χ3n) is 7.78. The lowest BCUT2D eigenvalue weighted by atomic mass is 10.1. The van der Waals surface area contributed by atoms with Gasteiger partial charge < -0.3 is 19.5 Å². The Labute approximate surface area is 226 Å². The van der Waals surface area contributed by atoms with Gasteiger partial charge in [-0.15, -0.1) is 0 Å². The van der Waals surface area contributed by atoms with Crippen LogP contribution in [0.5, 0.6) is 5.75 Å². The van der Waals surface area contributed by atoms with Gasteiger partial charge in [0.25, 0.3) is 0 Å². The number of nitrogens with zero attached hydrogens (tertiary/aromatic N) is 8. The molecule has 7 heterocycles. The smallest absolute Gasteiger partial charge is 0.181 e. The van der Waals surface area contributed by atoms with Gasteiger partial charge in [-0.05, 0) is 51.2 Å². The van der Waals surface area contributed by atoms with Gasteiger partial charge in [-0.2, -0.15) is 5.10 Å². The van der Waals surface area contributed by atoms with Gasteiger partial charge in [0.15, 0.2) is 17.1 Å². The molecule has 0 atom stereocenters. The van der Waals surface area contributed by atoms with Gasteiger partial charge in [0.1, 0.15) is 23.6 Å². The summed E-state index contributed by atoms with van der Waals surface area (Å²) < 4.78 is 6.02. The second-order valence-corrected chi connectivity index (χ2v) is 10.4. The average Bonchev–Trinajstić information content (AvgIpc) is 3.73. The summed E-state index contributed by atoms with van der Waals surface area (Å²) in [6.07, 6.45) is 9.82. The Hall–Kier alpha value is -4.09. The Bertz CT molecular complexity index is 1600. The van der Waals surface area contributed by atoms with Gasteiger partial charge in [0.2, 0.25) is 0 Å². The van der Waals surface area contributed by atoms with Crippen molar-refractivity contribution in [1.82, 2.24) is 44.9 Å². The summed E-state index contributed by atoms with van der Waals surface area (Å²) in [4.78, 5) is 29.1. The number of ether oxygens (including phenoxy) is 1. The van der Waals surface area contributed by atoms with Crippen molar-refractivity contribution < 1.29 is 4.74 Å². The van der Waals surface area contributed by atoms with E-state index in [0.29, 0.717) is 23.7 Å². The number of aromatic amines is 2. The van der Waals surface area contributed by atoms with Crippen molar-refractivity contribution in [2.24, 2.45) is 0 Å². The van der Waals surface area contributed by atoms with Crippen molar-refractivity contribution in [3.63, 3.8) is 0 Å². The number of fused-ring (bicyclic) bond motifs is 2. The molecule has 2 saturated heterocycles. The quantitative estimate of drug-likeness (QED) is 0.331. The van der Waals surface area contributed by atoms with E-state index < -0.39 is 0 Å². The van der Waals surface area contributed by atoms with Crippen molar-refractivity contribution in [2.75, 3.05) is 64.4 Å². The molecular formula is C28H32N10O. The second-order valence-electron chi connectivity index (χ2n) is 10.4. The summed E-state index contributed by atoms with van der Waals surface area (Å²) >= 11 is 0. The number of aromatic nitrogens is 7. The van der Waals surface area contributed by atoms with E-state index >= 15 is 0 Å². The van der Waals surface area contributed by atoms with E-state index in [4.69, 9.17) is 9.72 Å². The zero-order chi connectivity index (χ0) is 26.2. The first-order valence-corrected chi connectivity index (χ1v) is 13.6. The topological polar surface area (TPSA) is 115 Å². The fraction of sp³-hybridized carbons (Fsp3) is 0.393. The van der Waals surface area contributed by atoms with Crippen molar-refractivity contribution >= 4 is 27.9 Å². The molecule has 2 aliphatic heterocycles. The van der Waals surface area contributed by atoms with Gasteiger partial charge in [0.05, 0.1) is 17.3 Å². The van der Waals surface area contributed by atoms with E-state index in [2.05, 4.69) is 64.0 Å². The minimum atomic E-state index is 0.632.